The summed E-state index contributed by atoms with van der Waals surface area (Å²) in [5.41, 5.74) is 4.05. The predicted molar refractivity (Wildman–Crippen MR) is 94.9 cm³/mol. The van der Waals surface area contributed by atoms with Crippen LogP contribution in [0.4, 0.5) is 5.69 Å². The monoisotopic (exact) mass is 316 g/mol. The van der Waals surface area contributed by atoms with Gasteiger partial charge in [0.05, 0.1) is 11.4 Å². The maximum Gasteiger partial charge on any atom is 0.273 e. The van der Waals surface area contributed by atoms with Crippen molar-refractivity contribution in [1.82, 2.24) is 14.8 Å². The minimum absolute atomic E-state index is 0.180. The Hall–Kier alpha value is -3.34. The highest BCUT2D eigenvalue weighted by molar-refractivity contribution is 6.08. The second kappa shape index (κ2) is 5.70. The zero-order valence-corrected chi connectivity index (χ0v) is 13.2. The fraction of sp³-hybridized carbons (Fsp3) is 0.0526. The molecule has 5 heteroatoms. The smallest absolute Gasteiger partial charge is 0.273 e. The number of hydrogen-bond donors (Lipinski definition) is 2. The number of hydrogen-bond acceptors (Lipinski definition) is 2. The normalized spacial score (nSPS) is 10.9. The van der Waals surface area contributed by atoms with Gasteiger partial charge in [-0.15, -0.1) is 0 Å². The molecule has 0 atom stereocenters. The van der Waals surface area contributed by atoms with Crippen molar-refractivity contribution in [3.05, 3.63) is 72.6 Å². The van der Waals surface area contributed by atoms with E-state index in [0.717, 1.165) is 27.8 Å². The van der Waals surface area contributed by atoms with Gasteiger partial charge in [0, 0.05) is 29.7 Å². The first-order valence-corrected chi connectivity index (χ1v) is 7.69. The average Bonchev–Trinajstić information content (AvgIpc) is 3.23. The number of nitrogens with one attached hydrogen (secondary N) is 2. The van der Waals surface area contributed by atoms with Crippen LogP contribution in [-0.4, -0.2) is 20.7 Å². The summed E-state index contributed by atoms with van der Waals surface area (Å²) in [6, 6.07) is 19.4. The molecule has 0 fully saturated rings. The van der Waals surface area contributed by atoms with Gasteiger partial charge in [0.15, 0.2) is 0 Å². The van der Waals surface area contributed by atoms with Gasteiger partial charge in [-0.2, -0.15) is 5.10 Å². The number of rotatable bonds is 3. The molecule has 2 aromatic heterocycles. The van der Waals surface area contributed by atoms with Crippen LogP contribution in [0.15, 0.2) is 66.9 Å². The van der Waals surface area contributed by atoms with Crippen LogP contribution in [-0.2, 0) is 7.05 Å². The molecule has 0 unspecified atom stereocenters. The van der Waals surface area contributed by atoms with Crippen molar-refractivity contribution in [2.45, 2.75) is 0 Å². The number of benzene rings is 2. The first-order valence-electron chi connectivity index (χ1n) is 7.69. The molecule has 0 saturated carbocycles. The summed E-state index contributed by atoms with van der Waals surface area (Å²) in [6.45, 7) is 0. The van der Waals surface area contributed by atoms with Crippen molar-refractivity contribution >= 4 is 22.5 Å². The first kappa shape index (κ1) is 14.3. The van der Waals surface area contributed by atoms with Crippen LogP contribution in [0.2, 0.25) is 0 Å². The van der Waals surface area contributed by atoms with Crippen LogP contribution in [0, 0.1) is 0 Å². The maximum atomic E-state index is 12.7. The highest BCUT2D eigenvalue weighted by Crippen LogP contribution is 2.24. The van der Waals surface area contributed by atoms with E-state index in [1.165, 1.54) is 0 Å². The standard InChI is InChI=1S/C19H16N4O/c1-23-18(12-17(22-23)13-6-3-2-4-7-13)19(24)21-16-9-5-8-15-14(16)10-11-20-15/h2-12,20H,1H3,(H,21,24). The molecule has 2 heterocycles. The van der Waals surface area contributed by atoms with E-state index >= 15 is 0 Å². The molecule has 0 aliphatic rings. The molecule has 0 radical (unpaired) electrons. The van der Waals surface area contributed by atoms with E-state index in [4.69, 9.17) is 0 Å². The molecule has 4 aromatic rings. The number of amides is 1. The van der Waals surface area contributed by atoms with Crippen LogP contribution in [0.3, 0.4) is 0 Å². The topological polar surface area (TPSA) is 62.7 Å². The Balaban J connectivity index is 1.66. The van der Waals surface area contributed by atoms with Gasteiger partial charge >= 0.3 is 0 Å². The van der Waals surface area contributed by atoms with Gasteiger partial charge in [-0.3, -0.25) is 9.48 Å². The molecule has 118 valence electrons. The third kappa shape index (κ3) is 2.46. The van der Waals surface area contributed by atoms with E-state index in [1.807, 2.05) is 66.9 Å². The third-order valence-electron chi connectivity index (χ3n) is 4.03. The lowest BCUT2D eigenvalue weighted by atomic mass is 10.1. The Morgan fingerprint density at radius 3 is 2.75 bits per heavy atom. The minimum atomic E-state index is -0.180. The molecular weight excluding hydrogens is 300 g/mol. The number of aromatic nitrogens is 3. The van der Waals surface area contributed by atoms with Crippen molar-refractivity contribution in [3.8, 4) is 11.3 Å². The second-order valence-electron chi connectivity index (χ2n) is 5.60. The van der Waals surface area contributed by atoms with E-state index < -0.39 is 0 Å². The molecule has 0 bridgehead atoms. The fourth-order valence-electron chi connectivity index (χ4n) is 2.81. The summed E-state index contributed by atoms with van der Waals surface area (Å²) in [5, 5.41) is 8.40. The van der Waals surface area contributed by atoms with Crippen LogP contribution < -0.4 is 5.32 Å². The molecule has 2 N–H and O–H groups in total. The van der Waals surface area contributed by atoms with Crippen LogP contribution >= 0.6 is 0 Å². The number of carbonyl (C=O) groups excluding carboxylic acids is 1. The number of aromatic amines is 1. The van der Waals surface area contributed by atoms with Crippen LogP contribution in [0.1, 0.15) is 10.5 Å². The van der Waals surface area contributed by atoms with E-state index in [1.54, 1.807) is 11.7 Å². The minimum Gasteiger partial charge on any atom is -0.361 e. The molecular formula is C19H16N4O. The summed E-state index contributed by atoms with van der Waals surface area (Å²) < 4.78 is 1.61. The van der Waals surface area contributed by atoms with Crippen molar-refractivity contribution < 1.29 is 4.79 Å². The Morgan fingerprint density at radius 1 is 1.08 bits per heavy atom. The highest BCUT2D eigenvalue weighted by Gasteiger charge is 2.15. The van der Waals surface area contributed by atoms with Crippen molar-refractivity contribution in [2.75, 3.05) is 5.32 Å². The van der Waals surface area contributed by atoms with Gasteiger partial charge in [0.25, 0.3) is 5.91 Å². The third-order valence-corrected chi connectivity index (χ3v) is 4.03. The second-order valence-corrected chi connectivity index (χ2v) is 5.60. The highest BCUT2D eigenvalue weighted by atomic mass is 16.2. The lowest BCUT2D eigenvalue weighted by Crippen LogP contribution is -2.16. The molecule has 5 nitrogen and oxygen atoms in total. The Bertz CT molecular complexity index is 1010. The van der Waals surface area contributed by atoms with E-state index in [2.05, 4.69) is 15.4 Å². The number of nitrogens with zero attached hydrogens (tertiary/aromatic N) is 2. The molecule has 2 aromatic carbocycles. The van der Waals surface area contributed by atoms with Crippen molar-refractivity contribution in [3.63, 3.8) is 0 Å². The molecule has 24 heavy (non-hydrogen) atoms. The Kier molecular flexibility index (Phi) is 3.39. The quantitative estimate of drug-likeness (QED) is 0.603. The number of aryl methyl sites for hydroxylation is 1. The summed E-state index contributed by atoms with van der Waals surface area (Å²) in [6.07, 6.45) is 1.86. The maximum absolute atomic E-state index is 12.7. The lowest BCUT2D eigenvalue weighted by molar-refractivity contribution is 0.101. The van der Waals surface area contributed by atoms with Gasteiger partial charge in [-0.25, -0.2) is 0 Å². The van der Waals surface area contributed by atoms with Gasteiger partial charge in [0.2, 0.25) is 0 Å². The average molecular weight is 316 g/mol. The van der Waals surface area contributed by atoms with E-state index in [0.29, 0.717) is 5.69 Å². The molecule has 0 aliphatic heterocycles. The number of carbonyl (C=O) groups is 1. The number of H-pyrrole nitrogens is 1. The Labute approximate surface area is 138 Å². The predicted octanol–water partition coefficient (Wildman–Crippen LogP) is 3.82. The largest absolute Gasteiger partial charge is 0.361 e. The number of fused-ring (bicyclic) bond motifs is 1. The van der Waals surface area contributed by atoms with Crippen molar-refractivity contribution in [1.29, 1.82) is 0 Å². The van der Waals surface area contributed by atoms with Gasteiger partial charge in [-0.05, 0) is 24.3 Å². The van der Waals surface area contributed by atoms with Gasteiger partial charge < -0.3 is 10.3 Å². The van der Waals surface area contributed by atoms with E-state index in [9.17, 15) is 4.79 Å². The SMILES string of the molecule is Cn1nc(-c2ccccc2)cc1C(=O)Nc1cccc2[nH]ccc12. The summed E-state index contributed by atoms with van der Waals surface area (Å²) in [5.74, 6) is -0.180. The van der Waals surface area contributed by atoms with Crippen LogP contribution in [0.25, 0.3) is 22.2 Å². The van der Waals surface area contributed by atoms with Crippen LogP contribution in [0.5, 0.6) is 0 Å². The molecule has 0 aliphatic carbocycles. The van der Waals surface area contributed by atoms with Gasteiger partial charge in [-0.1, -0.05) is 36.4 Å². The molecule has 1 amide bonds. The fourth-order valence-corrected chi connectivity index (χ4v) is 2.81. The molecule has 0 spiro atoms. The zero-order chi connectivity index (χ0) is 16.5. The molecule has 4 rings (SSSR count). The first-order chi connectivity index (χ1) is 11.7. The Morgan fingerprint density at radius 2 is 1.92 bits per heavy atom. The van der Waals surface area contributed by atoms with Gasteiger partial charge in [0.1, 0.15) is 5.69 Å². The number of anilines is 1. The summed E-state index contributed by atoms with van der Waals surface area (Å²) in [4.78, 5) is 15.8. The van der Waals surface area contributed by atoms with Crippen molar-refractivity contribution in [2.24, 2.45) is 7.05 Å². The van der Waals surface area contributed by atoms with E-state index in [-0.39, 0.29) is 5.91 Å². The zero-order valence-electron chi connectivity index (χ0n) is 13.2. The summed E-state index contributed by atoms with van der Waals surface area (Å²) >= 11 is 0. The molecule has 0 saturated heterocycles. The summed E-state index contributed by atoms with van der Waals surface area (Å²) in [7, 11) is 1.78. The lowest BCUT2D eigenvalue weighted by Gasteiger charge is -2.06.